The molecule has 1 heterocycles. The van der Waals surface area contributed by atoms with Crippen LogP contribution in [0.5, 0.6) is 0 Å². The third kappa shape index (κ3) is 5.89. The van der Waals surface area contributed by atoms with Gasteiger partial charge in [-0.15, -0.1) is 0 Å². The lowest BCUT2D eigenvalue weighted by Gasteiger charge is -2.17. The number of hydrogen-bond acceptors (Lipinski definition) is 3. The van der Waals surface area contributed by atoms with Crippen molar-refractivity contribution in [3.8, 4) is 0 Å². The Morgan fingerprint density at radius 2 is 2.00 bits per heavy atom. The van der Waals surface area contributed by atoms with Crippen LogP contribution in [-0.4, -0.2) is 35.1 Å². The number of hydrogen-bond donors (Lipinski definition) is 2. The molecule has 1 saturated heterocycles. The Balaban J connectivity index is 2.41. The number of rotatable bonds is 8. The molecule has 3 nitrogen and oxygen atoms in total. The summed E-state index contributed by atoms with van der Waals surface area (Å²) < 4.78 is 5.58. The van der Waals surface area contributed by atoms with Crippen molar-refractivity contribution in [2.75, 3.05) is 6.61 Å². The molecule has 19 heavy (non-hydrogen) atoms. The molecule has 0 amide bonds. The first-order valence-corrected chi connectivity index (χ1v) is 7.50. The molecule has 0 aromatic rings. The number of aliphatic hydroxyl groups excluding tert-OH is 2. The van der Waals surface area contributed by atoms with Crippen LogP contribution >= 0.6 is 0 Å². The molecule has 3 heteroatoms. The average Bonchev–Trinajstić information content (AvgIpc) is 2.77. The fourth-order valence-corrected chi connectivity index (χ4v) is 2.30. The van der Waals surface area contributed by atoms with Crippen molar-refractivity contribution < 1.29 is 14.9 Å². The SMILES string of the molecule is CCC/C=C\CC[C@H]1[C@@H](O)CO[C@@H]1/C=C/[C@@H](O)CC. The molecule has 1 aliphatic rings. The van der Waals surface area contributed by atoms with Crippen LogP contribution in [0, 0.1) is 5.92 Å². The van der Waals surface area contributed by atoms with Crippen LogP contribution < -0.4 is 0 Å². The van der Waals surface area contributed by atoms with Crippen LogP contribution in [0.15, 0.2) is 24.3 Å². The molecule has 1 rings (SSSR count). The highest BCUT2D eigenvalue weighted by Crippen LogP contribution is 2.27. The summed E-state index contributed by atoms with van der Waals surface area (Å²) >= 11 is 0. The topological polar surface area (TPSA) is 49.7 Å². The summed E-state index contributed by atoms with van der Waals surface area (Å²) in [6.07, 6.45) is 12.1. The average molecular weight is 268 g/mol. The minimum Gasteiger partial charge on any atom is -0.390 e. The monoisotopic (exact) mass is 268 g/mol. The van der Waals surface area contributed by atoms with Crippen molar-refractivity contribution in [3.63, 3.8) is 0 Å². The second kappa shape index (κ2) is 9.29. The summed E-state index contributed by atoms with van der Waals surface area (Å²) in [5.74, 6) is 0.145. The van der Waals surface area contributed by atoms with E-state index in [1.807, 2.05) is 13.0 Å². The summed E-state index contributed by atoms with van der Waals surface area (Å²) in [6.45, 7) is 4.51. The van der Waals surface area contributed by atoms with E-state index in [2.05, 4.69) is 19.1 Å². The van der Waals surface area contributed by atoms with Gasteiger partial charge in [-0.05, 0) is 25.7 Å². The molecule has 0 aromatic carbocycles. The van der Waals surface area contributed by atoms with E-state index >= 15 is 0 Å². The van der Waals surface area contributed by atoms with Crippen molar-refractivity contribution in [3.05, 3.63) is 24.3 Å². The molecule has 110 valence electrons. The van der Waals surface area contributed by atoms with Gasteiger partial charge >= 0.3 is 0 Å². The van der Waals surface area contributed by atoms with Crippen LogP contribution in [-0.2, 0) is 4.74 Å². The summed E-state index contributed by atoms with van der Waals surface area (Å²) in [5.41, 5.74) is 0. The maximum Gasteiger partial charge on any atom is 0.0830 e. The van der Waals surface area contributed by atoms with E-state index < -0.39 is 6.10 Å². The molecule has 0 spiro atoms. The summed E-state index contributed by atoms with van der Waals surface area (Å²) in [5, 5.41) is 19.5. The Hall–Kier alpha value is -0.640. The van der Waals surface area contributed by atoms with Crippen molar-refractivity contribution in [1.29, 1.82) is 0 Å². The lowest BCUT2D eigenvalue weighted by Crippen LogP contribution is -2.22. The summed E-state index contributed by atoms with van der Waals surface area (Å²) in [4.78, 5) is 0. The Bertz CT molecular complexity index is 286. The van der Waals surface area contributed by atoms with Gasteiger partial charge in [-0.3, -0.25) is 0 Å². The van der Waals surface area contributed by atoms with Crippen LogP contribution in [0.1, 0.15) is 46.0 Å². The van der Waals surface area contributed by atoms with E-state index in [4.69, 9.17) is 4.74 Å². The second-order valence-electron chi connectivity index (χ2n) is 5.23. The Morgan fingerprint density at radius 1 is 1.26 bits per heavy atom. The first kappa shape index (κ1) is 16.4. The number of aliphatic hydroxyl groups is 2. The van der Waals surface area contributed by atoms with E-state index in [0.29, 0.717) is 13.0 Å². The zero-order valence-electron chi connectivity index (χ0n) is 12.2. The third-order valence-electron chi connectivity index (χ3n) is 3.61. The maximum atomic E-state index is 9.94. The van der Waals surface area contributed by atoms with Crippen molar-refractivity contribution >= 4 is 0 Å². The number of ether oxygens (including phenoxy) is 1. The van der Waals surface area contributed by atoms with Gasteiger partial charge < -0.3 is 14.9 Å². The zero-order chi connectivity index (χ0) is 14.1. The van der Waals surface area contributed by atoms with Crippen molar-refractivity contribution in [1.82, 2.24) is 0 Å². The molecular formula is C16H28O3. The largest absolute Gasteiger partial charge is 0.390 e. The van der Waals surface area contributed by atoms with E-state index in [1.165, 1.54) is 6.42 Å². The van der Waals surface area contributed by atoms with Gasteiger partial charge in [0.2, 0.25) is 0 Å². The highest BCUT2D eigenvalue weighted by atomic mass is 16.5. The first-order valence-electron chi connectivity index (χ1n) is 7.50. The molecule has 0 unspecified atom stereocenters. The van der Waals surface area contributed by atoms with Gasteiger partial charge in [0.05, 0.1) is 24.9 Å². The molecule has 1 aliphatic heterocycles. The quantitative estimate of drug-likeness (QED) is 0.666. The summed E-state index contributed by atoms with van der Waals surface area (Å²) in [6, 6.07) is 0. The lowest BCUT2D eigenvalue weighted by molar-refractivity contribution is 0.107. The van der Waals surface area contributed by atoms with E-state index in [0.717, 1.165) is 19.3 Å². The predicted molar refractivity (Wildman–Crippen MR) is 78.0 cm³/mol. The third-order valence-corrected chi connectivity index (χ3v) is 3.61. The zero-order valence-corrected chi connectivity index (χ0v) is 12.2. The maximum absolute atomic E-state index is 9.94. The minimum atomic E-state index is -0.411. The van der Waals surface area contributed by atoms with Gasteiger partial charge in [0.1, 0.15) is 0 Å². The van der Waals surface area contributed by atoms with Crippen LogP contribution in [0.25, 0.3) is 0 Å². The van der Waals surface area contributed by atoms with Crippen LogP contribution in [0.3, 0.4) is 0 Å². The molecule has 0 aliphatic carbocycles. The molecule has 2 N–H and O–H groups in total. The van der Waals surface area contributed by atoms with Gasteiger partial charge in [0.25, 0.3) is 0 Å². The highest BCUT2D eigenvalue weighted by molar-refractivity contribution is 5.01. The van der Waals surface area contributed by atoms with E-state index in [9.17, 15) is 10.2 Å². The fraction of sp³-hybridized carbons (Fsp3) is 0.750. The normalized spacial score (nSPS) is 29.6. The van der Waals surface area contributed by atoms with Crippen LogP contribution in [0.2, 0.25) is 0 Å². The molecule has 0 bridgehead atoms. The standard InChI is InChI=1S/C16H28O3/c1-3-5-6-7-8-9-14-15(18)12-19-16(14)11-10-13(17)4-2/h6-7,10-11,13-18H,3-5,8-9,12H2,1-2H3/b7-6-,11-10+/t13-,14-,15-,16+/m0/s1. The van der Waals surface area contributed by atoms with Crippen molar-refractivity contribution in [2.24, 2.45) is 5.92 Å². The highest BCUT2D eigenvalue weighted by Gasteiger charge is 2.33. The van der Waals surface area contributed by atoms with Gasteiger partial charge in [-0.1, -0.05) is 44.6 Å². The number of unbranched alkanes of at least 4 members (excludes halogenated alkanes) is 1. The van der Waals surface area contributed by atoms with E-state index in [-0.39, 0.29) is 18.1 Å². The van der Waals surface area contributed by atoms with E-state index in [1.54, 1.807) is 6.08 Å². The molecular weight excluding hydrogens is 240 g/mol. The Labute approximate surface area is 117 Å². The molecule has 4 atom stereocenters. The van der Waals surface area contributed by atoms with Crippen molar-refractivity contribution in [2.45, 2.75) is 64.3 Å². The van der Waals surface area contributed by atoms with Crippen LogP contribution in [0.4, 0.5) is 0 Å². The second-order valence-corrected chi connectivity index (χ2v) is 5.23. The smallest absolute Gasteiger partial charge is 0.0830 e. The summed E-state index contributed by atoms with van der Waals surface area (Å²) in [7, 11) is 0. The fourth-order valence-electron chi connectivity index (χ4n) is 2.30. The minimum absolute atomic E-state index is 0.0595. The van der Waals surface area contributed by atoms with Gasteiger partial charge in [0, 0.05) is 5.92 Å². The Kier molecular flexibility index (Phi) is 8.03. The van der Waals surface area contributed by atoms with Gasteiger partial charge in [0.15, 0.2) is 0 Å². The molecule has 0 aromatic heterocycles. The molecule has 0 saturated carbocycles. The Morgan fingerprint density at radius 3 is 2.68 bits per heavy atom. The number of allylic oxidation sites excluding steroid dienone is 2. The predicted octanol–water partition coefficient (Wildman–Crippen LogP) is 2.83. The lowest BCUT2D eigenvalue weighted by atomic mass is 9.93. The van der Waals surface area contributed by atoms with Gasteiger partial charge in [-0.2, -0.15) is 0 Å². The first-order chi connectivity index (χ1) is 9.19. The molecule has 1 fully saturated rings. The molecule has 0 radical (unpaired) electrons. The van der Waals surface area contributed by atoms with Gasteiger partial charge in [-0.25, -0.2) is 0 Å².